The molecule has 0 bridgehead atoms. The molecule has 1 fully saturated rings. The molecule has 2 heterocycles. The van der Waals surface area contributed by atoms with Gasteiger partial charge in [0.2, 0.25) is 0 Å². The lowest BCUT2D eigenvalue weighted by molar-refractivity contribution is -0.139. The number of alkyl carbamates (subject to hydrolysis) is 1. The highest BCUT2D eigenvalue weighted by Crippen LogP contribution is 2.27. The Morgan fingerprint density at radius 3 is 2.74 bits per heavy atom. The molecule has 190 valence electrons. The van der Waals surface area contributed by atoms with E-state index in [2.05, 4.69) is 41.5 Å². The van der Waals surface area contributed by atoms with Crippen molar-refractivity contribution in [3.63, 3.8) is 0 Å². The van der Waals surface area contributed by atoms with Gasteiger partial charge in [0.25, 0.3) is 0 Å². The Balaban J connectivity index is 1.39. The van der Waals surface area contributed by atoms with Crippen molar-refractivity contribution in [2.75, 3.05) is 31.6 Å². The van der Waals surface area contributed by atoms with E-state index in [4.69, 9.17) is 9.72 Å². The van der Waals surface area contributed by atoms with Gasteiger partial charge >= 0.3 is 12.1 Å². The molecule has 1 amide bonds. The van der Waals surface area contributed by atoms with Crippen LogP contribution in [0, 0.1) is 5.92 Å². The van der Waals surface area contributed by atoms with Gasteiger partial charge in [0.1, 0.15) is 11.9 Å². The number of nitrogens with one attached hydrogen (secondary N) is 2. The average molecular weight is 475 g/mol. The van der Waals surface area contributed by atoms with Crippen LogP contribution >= 0.6 is 0 Å². The van der Waals surface area contributed by atoms with Crippen molar-refractivity contribution in [1.82, 2.24) is 15.2 Å². The number of rotatable bonds is 15. The Labute approximate surface area is 203 Å². The van der Waals surface area contributed by atoms with E-state index in [-0.39, 0.29) is 0 Å². The summed E-state index contributed by atoms with van der Waals surface area (Å²) in [5.74, 6) is 0.350. The van der Waals surface area contributed by atoms with E-state index in [1.807, 2.05) is 0 Å². The Morgan fingerprint density at radius 2 is 2.03 bits per heavy atom. The van der Waals surface area contributed by atoms with E-state index < -0.39 is 18.1 Å². The number of nitrogens with zero attached hydrogens (tertiary/aromatic N) is 2. The monoisotopic (exact) mass is 474 g/mol. The van der Waals surface area contributed by atoms with Crippen molar-refractivity contribution in [2.24, 2.45) is 5.92 Å². The molecule has 1 aliphatic carbocycles. The average Bonchev–Trinajstić information content (AvgIpc) is 3.68. The van der Waals surface area contributed by atoms with Crippen LogP contribution in [-0.4, -0.2) is 65.4 Å². The molecule has 1 aromatic heterocycles. The number of fused-ring (bicyclic) bond motifs is 1. The van der Waals surface area contributed by atoms with Gasteiger partial charge in [0.15, 0.2) is 0 Å². The maximum absolute atomic E-state index is 12.1. The van der Waals surface area contributed by atoms with E-state index in [1.54, 1.807) is 0 Å². The summed E-state index contributed by atoms with van der Waals surface area (Å²) in [6.45, 7) is 7.05. The molecule has 34 heavy (non-hydrogen) atoms. The second kappa shape index (κ2) is 13.5. The number of aliphatic carboxylic acids is 1. The van der Waals surface area contributed by atoms with Crippen LogP contribution in [0.5, 0.6) is 0 Å². The summed E-state index contributed by atoms with van der Waals surface area (Å²) in [5, 5.41) is 15.5. The minimum Gasteiger partial charge on any atom is -0.480 e. The first-order valence-corrected chi connectivity index (χ1v) is 13.1. The number of carbonyl (C=O) groups excluding carboxylic acids is 1. The molecule has 0 spiro atoms. The van der Waals surface area contributed by atoms with Crippen molar-refractivity contribution < 1.29 is 19.4 Å². The standard InChI is InChI=1S/C26H42N4O4/c1-3-19(4-2)18-34-26(33)29-23(25(31)32)14-17-30(22-12-13-22)16-6-5-9-21-11-10-20-8-7-15-27-24(20)28-21/h10-11,19,22-23H,3-9,12-18H2,1-2H3,(H,27,28)(H,29,33)(H,31,32)/t23-/m0/s1. The fourth-order valence-electron chi connectivity index (χ4n) is 4.50. The van der Waals surface area contributed by atoms with Gasteiger partial charge in [-0.3, -0.25) is 0 Å². The van der Waals surface area contributed by atoms with Gasteiger partial charge in [0, 0.05) is 24.8 Å². The molecule has 1 saturated carbocycles. The molecule has 0 saturated heterocycles. The summed E-state index contributed by atoms with van der Waals surface area (Å²) in [6.07, 6.45) is 9.27. The first kappa shape index (κ1) is 26.3. The quantitative estimate of drug-likeness (QED) is 0.327. The molecule has 0 aromatic carbocycles. The van der Waals surface area contributed by atoms with Crippen molar-refractivity contribution in [3.05, 3.63) is 23.4 Å². The third-order valence-corrected chi connectivity index (χ3v) is 7.04. The fourth-order valence-corrected chi connectivity index (χ4v) is 4.50. The minimum atomic E-state index is -1.01. The number of ether oxygens (including phenoxy) is 1. The zero-order chi connectivity index (χ0) is 24.3. The molecule has 1 aromatic rings. The zero-order valence-corrected chi connectivity index (χ0v) is 20.9. The van der Waals surface area contributed by atoms with Crippen LogP contribution in [-0.2, 0) is 22.4 Å². The molecule has 8 heteroatoms. The number of aromatic nitrogens is 1. The summed E-state index contributed by atoms with van der Waals surface area (Å²) in [4.78, 5) is 31.0. The second-order valence-electron chi connectivity index (χ2n) is 9.67. The zero-order valence-electron chi connectivity index (χ0n) is 20.9. The lowest BCUT2D eigenvalue weighted by Crippen LogP contribution is -2.44. The first-order valence-electron chi connectivity index (χ1n) is 13.1. The summed E-state index contributed by atoms with van der Waals surface area (Å²) >= 11 is 0. The van der Waals surface area contributed by atoms with E-state index in [9.17, 15) is 14.7 Å². The van der Waals surface area contributed by atoms with Gasteiger partial charge in [-0.05, 0) is 75.5 Å². The number of amides is 1. The van der Waals surface area contributed by atoms with Crippen molar-refractivity contribution in [1.29, 1.82) is 0 Å². The number of pyridine rings is 1. The number of carboxylic acids is 1. The summed E-state index contributed by atoms with van der Waals surface area (Å²) in [7, 11) is 0. The molecule has 0 unspecified atom stereocenters. The number of carbonyl (C=O) groups is 2. The maximum Gasteiger partial charge on any atom is 0.407 e. The van der Waals surface area contributed by atoms with Gasteiger partial charge in [-0.2, -0.15) is 0 Å². The lowest BCUT2D eigenvalue weighted by atomic mass is 10.1. The number of aryl methyl sites for hydroxylation is 2. The predicted molar refractivity (Wildman–Crippen MR) is 133 cm³/mol. The highest BCUT2D eigenvalue weighted by molar-refractivity contribution is 5.79. The molecule has 2 aliphatic rings. The van der Waals surface area contributed by atoms with Crippen molar-refractivity contribution in [2.45, 2.75) is 90.1 Å². The highest BCUT2D eigenvalue weighted by atomic mass is 16.5. The Hall–Kier alpha value is -2.35. The fraction of sp³-hybridized carbons (Fsp3) is 0.731. The van der Waals surface area contributed by atoms with Crippen LogP contribution in [0.4, 0.5) is 10.6 Å². The Morgan fingerprint density at radius 1 is 1.24 bits per heavy atom. The Bertz CT molecular complexity index is 795. The SMILES string of the molecule is CCC(CC)COC(=O)N[C@@H](CCN(CCCCc1ccc2c(n1)NCCC2)C1CC1)C(=O)O. The third-order valence-electron chi connectivity index (χ3n) is 7.04. The molecule has 3 rings (SSSR count). The third kappa shape index (κ3) is 8.46. The second-order valence-corrected chi connectivity index (χ2v) is 9.67. The van der Waals surface area contributed by atoms with Gasteiger partial charge in [0.05, 0.1) is 6.61 Å². The molecule has 3 N–H and O–H groups in total. The van der Waals surface area contributed by atoms with Crippen LogP contribution < -0.4 is 10.6 Å². The Kier molecular flexibility index (Phi) is 10.4. The maximum atomic E-state index is 12.1. The summed E-state index contributed by atoms with van der Waals surface area (Å²) in [5.41, 5.74) is 2.45. The number of anilines is 1. The topological polar surface area (TPSA) is 104 Å². The van der Waals surface area contributed by atoms with Gasteiger partial charge < -0.3 is 25.4 Å². The molecular weight excluding hydrogens is 432 g/mol. The number of hydrogen-bond donors (Lipinski definition) is 3. The smallest absolute Gasteiger partial charge is 0.407 e. The van der Waals surface area contributed by atoms with E-state index in [0.29, 0.717) is 31.5 Å². The normalized spacial score (nSPS) is 16.1. The van der Waals surface area contributed by atoms with Crippen LogP contribution in [0.25, 0.3) is 0 Å². The van der Waals surface area contributed by atoms with Crippen LogP contribution in [0.2, 0.25) is 0 Å². The molecule has 0 radical (unpaired) electrons. The molecule has 1 aliphatic heterocycles. The summed E-state index contributed by atoms with van der Waals surface area (Å²) < 4.78 is 5.25. The van der Waals surface area contributed by atoms with Crippen molar-refractivity contribution >= 4 is 17.9 Å². The number of hydrogen-bond acceptors (Lipinski definition) is 6. The van der Waals surface area contributed by atoms with Crippen molar-refractivity contribution in [3.8, 4) is 0 Å². The van der Waals surface area contributed by atoms with Gasteiger partial charge in [-0.25, -0.2) is 14.6 Å². The number of carboxylic acid groups (broad SMARTS) is 1. The van der Waals surface area contributed by atoms with E-state index in [0.717, 1.165) is 63.1 Å². The van der Waals surface area contributed by atoms with Gasteiger partial charge in [-0.15, -0.1) is 0 Å². The minimum absolute atomic E-state index is 0.312. The largest absolute Gasteiger partial charge is 0.480 e. The van der Waals surface area contributed by atoms with Crippen LogP contribution in [0.15, 0.2) is 12.1 Å². The van der Waals surface area contributed by atoms with E-state index in [1.165, 1.54) is 24.8 Å². The highest BCUT2D eigenvalue weighted by Gasteiger charge is 2.30. The molecule has 8 nitrogen and oxygen atoms in total. The van der Waals surface area contributed by atoms with Crippen LogP contribution in [0.1, 0.15) is 76.5 Å². The first-order chi connectivity index (χ1) is 16.5. The molecular formula is C26H42N4O4. The van der Waals surface area contributed by atoms with E-state index >= 15 is 0 Å². The van der Waals surface area contributed by atoms with Crippen LogP contribution in [0.3, 0.4) is 0 Å². The predicted octanol–water partition coefficient (Wildman–Crippen LogP) is 4.23. The lowest BCUT2D eigenvalue weighted by Gasteiger charge is -2.24. The number of unbranched alkanes of at least 4 members (excludes halogenated alkanes) is 1. The summed E-state index contributed by atoms with van der Waals surface area (Å²) in [6, 6.07) is 3.97. The van der Waals surface area contributed by atoms with Gasteiger partial charge in [-0.1, -0.05) is 32.8 Å². The molecule has 1 atom stereocenters.